The number of carboxylic acids is 2. The summed E-state index contributed by atoms with van der Waals surface area (Å²) in [5.41, 5.74) is 4.80. The molecule has 0 spiro atoms. The van der Waals surface area contributed by atoms with E-state index < -0.39 is 76.5 Å². The number of carbonyl (C=O) groups is 3. The minimum atomic E-state index is -4.45. The monoisotopic (exact) mass is 1160 g/mol. The van der Waals surface area contributed by atoms with Crippen LogP contribution in [0.15, 0.2) is 62.6 Å². The van der Waals surface area contributed by atoms with Crippen molar-refractivity contribution in [2.45, 2.75) is 69.5 Å². The Kier molecular flexibility index (Phi) is 24.1. The Balaban J connectivity index is 0.000000361. The zero-order chi connectivity index (χ0) is 56.5. The van der Waals surface area contributed by atoms with Gasteiger partial charge in [-0.05, 0) is 49.6 Å². The van der Waals surface area contributed by atoms with Crippen molar-refractivity contribution in [3.05, 3.63) is 102 Å². The van der Waals surface area contributed by atoms with Gasteiger partial charge in [0, 0.05) is 30.7 Å². The van der Waals surface area contributed by atoms with Crippen LogP contribution in [0.1, 0.15) is 61.2 Å². The molecule has 2 atom stereocenters. The number of nitrogens with one attached hydrogen (secondary N) is 2. The first-order valence-corrected chi connectivity index (χ1v) is 25.9. The molecule has 0 aliphatic carbocycles. The summed E-state index contributed by atoms with van der Waals surface area (Å²) in [4.78, 5) is 64.6. The lowest BCUT2D eigenvalue weighted by molar-refractivity contribution is -0.138. The van der Waals surface area contributed by atoms with Crippen molar-refractivity contribution in [3.8, 4) is 35.5 Å². The van der Waals surface area contributed by atoms with Crippen molar-refractivity contribution in [2.24, 2.45) is 5.73 Å². The number of amides is 2. The number of aliphatic carboxylic acids is 1. The summed E-state index contributed by atoms with van der Waals surface area (Å²) in [6, 6.07) is 8.63. The van der Waals surface area contributed by atoms with Crippen LogP contribution in [0, 0.1) is 19.3 Å². The summed E-state index contributed by atoms with van der Waals surface area (Å²) < 4.78 is 95.8. The number of ether oxygens (including phenoxy) is 3. The SMILES string of the molecule is C#CCOc1cc(-n2nc(C(C)(C)C)oc2=O)c(Cl)cc1Cl.COc1c(Cl)ccc(Cl)c1C(=O)O.COc1nc(C)nc(NC(=O)NS(=O)(=O)c2ccccc2CCC(F)(F)F)n1.CP(=O)(O)CCC(N)C(=O)O. The van der Waals surface area contributed by atoms with Gasteiger partial charge < -0.3 is 39.5 Å². The number of anilines is 1. The Morgan fingerprint density at radius 3 is 2.11 bits per heavy atom. The van der Waals surface area contributed by atoms with Crippen molar-refractivity contribution >= 4 is 87.7 Å². The highest BCUT2D eigenvalue weighted by Gasteiger charge is 2.29. The highest BCUT2D eigenvalue weighted by molar-refractivity contribution is 7.90. The van der Waals surface area contributed by atoms with Gasteiger partial charge in [0.1, 0.15) is 29.8 Å². The first-order chi connectivity index (χ1) is 34.1. The predicted octanol–water partition coefficient (Wildman–Crippen LogP) is 8.02. The smallest absolute Gasteiger partial charge is 0.442 e. The van der Waals surface area contributed by atoms with E-state index in [1.807, 2.05) is 20.8 Å². The van der Waals surface area contributed by atoms with Crippen molar-refractivity contribution in [1.29, 1.82) is 0 Å². The third kappa shape index (κ3) is 21.0. The molecule has 3 aromatic carbocycles. The van der Waals surface area contributed by atoms with Gasteiger partial charge in [0.2, 0.25) is 11.8 Å². The fourth-order valence-corrected chi connectivity index (χ4v) is 8.15. The van der Waals surface area contributed by atoms with E-state index in [4.69, 9.17) is 92.3 Å². The molecule has 74 heavy (non-hydrogen) atoms. The Morgan fingerprint density at radius 2 is 1.59 bits per heavy atom. The zero-order valence-electron chi connectivity index (χ0n) is 40.0. The number of aromatic carboxylic acids is 1. The molecule has 0 bridgehead atoms. The molecule has 31 heteroatoms. The van der Waals surface area contributed by atoms with Gasteiger partial charge in [0.25, 0.3) is 10.0 Å². The average Bonchev–Trinajstić information content (AvgIpc) is 3.69. The number of alkyl halides is 3. The van der Waals surface area contributed by atoms with Crippen LogP contribution in [0.3, 0.4) is 0 Å². The van der Waals surface area contributed by atoms with E-state index in [0.717, 1.165) is 10.7 Å². The third-order valence-electron chi connectivity index (χ3n) is 8.68. The molecule has 0 saturated heterocycles. The lowest BCUT2D eigenvalue weighted by atomic mass is 9.97. The standard InChI is InChI=1S/C15H14Cl2N2O3.C15H16F3N5O4S.C8H6Cl2O3.C5H12NO4P/c1-5-6-21-12-8-11(9(16)7-10(12)17)19-14(20)22-13(18-19)15(2,3)4;1-9-19-12(22-14(20-9)27-2)21-13(24)23-28(25,26)11-6-4-3-5-10(11)7-8-15(16,17)18;1-13-7-5(10)3-2-4(9)6(7)8(11)12;1-11(9,10)3-2-4(6)5(7)8/h1,7-8H,6H2,2-4H3;3-6H,7-8H2,1-2H3,(H2,19,20,21,22,23,24);2-3H,1H3,(H,11,12);4H,2-3,6H2,1H3,(H,7,8)(H,9,10). The average molecular weight is 1160 g/mol. The van der Waals surface area contributed by atoms with Gasteiger partial charge in [-0.1, -0.05) is 91.3 Å². The lowest BCUT2D eigenvalue weighted by Gasteiger charge is -2.13. The molecule has 5 aromatic rings. The van der Waals surface area contributed by atoms with Crippen LogP contribution >= 0.6 is 53.8 Å². The molecule has 22 nitrogen and oxygen atoms in total. The van der Waals surface area contributed by atoms with Gasteiger partial charge in [-0.3, -0.25) is 14.7 Å². The fourth-order valence-electron chi connectivity index (χ4n) is 5.24. The van der Waals surface area contributed by atoms with Crippen LogP contribution in [-0.2, 0) is 31.2 Å². The van der Waals surface area contributed by atoms with E-state index in [0.29, 0.717) is 17.3 Å². The van der Waals surface area contributed by atoms with Gasteiger partial charge in [0.15, 0.2) is 13.1 Å². The maximum atomic E-state index is 12.5. The fraction of sp³-hybridized carbons (Fsp3) is 0.349. The molecular formula is C43H48Cl4F3N8O14PS. The molecule has 2 amide bonds. The van der Waals surface area contributed by atoms with E-state index in [1.165, 1.54) is 70.3 Å². The molecule has 0 aliphatic heterocycles. The molecule has 0 aliphatic rings. The summed E-state index contributed by atoms with van der Waals surface area (Å²) in [6.45, 7) is 8.37. The van der Waals surface area contributed by atoms with Crippen LogP contribution in [0.2, 0.25) is 20.1 Å². The molecule has 2 unspecified atom stereocenters. The number of halogens is 7. The minimum Gasteiger partial charge on any atom is -0.494 e. The Labute approximate surface area is 441 Å². The number of nitrogens with zero attached hydrogens (tertiary/aromatic N) is 5. The molecule has 404 valence electrons. The van der Waals surface area contributed by atoms with Crippen LogP contribution in [0.5, 0.6) is 17.5 Å². The largest absolute Gasteiger partial charge is 0.494 e. The van der Waals surface area contributed by atoms with Gasteiger partial charge in [0.05, 0.1) is 44.9 Å². The number of hydrogen-bond donors (Lipinski definition) is 6. The first-order valence-electron chi connectivity index (χ1n) is 20.6. The van der Waals surface area contributed by atoms with Gasteiger partial charge in [-0.25, -0.2) is 27.5 Å². The molecular weight excluding hydrogens is 1110 g/mol. The van der Waals surface area contributed by atoms with E-state index in [2.05, 4.69) is 31.3 Å². The van der Waals surface area contributed by atoms with Crippen LogP contribution in [0.25, 0.3) is 5.69 Å². The summed E-state index contributed by atoms with van der Waals surface area (Å²) in [5.74, 6) is 0.0373. The number of urea groups is 1. The number of nitrogens with two attached hydrogens (primary N) is 1. The number of terminal acetylenes is 1. The van der Waals surface area contributed by atoms with Crippen molar-refractivity contribution in [3.63, 3.8) is 0 Å². The minimum absolute atomic E-state index is 0.0412. The summed E-state index contributed by atoms with van der Waals surface area (Å²) in [7, 11) is -4.91. The second-order valence-electron chi connectivity index (χ2n) is 15.8. The number of carbonyl (C=O) groups excluding carboxylic acids is 1. The number of rotatable bonds is 15. The third-order valence-corrected chi connectivity index (χ3v) is 12.4. The lowest BCUT2D eigenvalue weighted by Crippen LogP contribution is -2.35. The first kappa shape index (κ1) is 63.9. The second-order valence-corrected chi connectivity index (χ2v) is 21.6. The molecule has 0 fully saturated rings. The summed E-state index contributed by atoms with van der Waals surface area (Å²) >= 11 is 23.5. The maximum absolute atomic E-state index is 12.5. The summed E-state index contributed by atoms with van der Waals surface area (Å²) in [5, 5.41) is 24.2. The highest BCUT2D eigenvalue weighted by atomic mass is 35.5. The predicted molar refractivity (Wildman–Crippen MR) is 267 cm³/mol. The van der Waals surface area contributed by atoms with E-state index in [1.54, 1.807) is 4.72 Å². The Hall–Kier alpha value is -6.17. The highest BCUT2D eigenvalue weighted by Crippen LogP contribution is 2.36. The van der Waals surface area contributed by atoms with E-state index in [9.17, 15) is 45.3 Å². The number of benzene rings is 3. The van der Waals surface area contributed by atoms with Crippen LogP contribution in [0.4, 0.5) is 23.9 Å². The number of methoxy groups -OCH3 is 2. The Morgan fingerprint density at radius 1 is 0.973 bits per heavy atom. The molecule has 0 radical (unpaired) electrons. The number of carboxylic acid groups (broad SMARTS) is 2. The number of aryl methyl sites for hydroxylation is 2. The number of aromatic nitrogens is 5. The molecule has 2 aromatic heterocycles. The van der Waals surface area contributed by atoms with Crippen molar-refractivity contribution < 1.29 is 74.3 Å². The molecule has 7 N–H and O–H groups in total. The number of sulfonamides is 1. The second kappa shape index (κ2) is 27.9. The van der Waals surface area contributed by atoms with Crippen molar-refractivity contribution in [1.82, 2.24) is 29.5 Å². The van der Waals surface area contributed by atoms with Gasteiger partial charge >= 0.3 is 35.9 Å². The van der Waals surface area contributed by atoms with E-state index in [-0.39, 0.29) is 73.9 Å². The molecule has 2 heterocycles. The summed E-state index contributed by atoms with van der Waals surface area (Å²) in [6.07, 6.45) is -1.04. The van der Waals surface area contributed by atoms with E-state index >= 15 is 0 Å². The molecule has 0 saturated carbocycles. The normalized spacial score (nSPS) is 12.3. The zero-order valence-corrected chi connectivity index (χ0v) is 44.7. The molecule has 5 rings (SSSR count). The quantitative estimate of drug-likeness (QED) is 0.0427. The van der Waals surface area contributed by atoms with Crippen LogP contribution < -0.4 is 35.7 Å². The van der Waals surface area contributed by atoms with Gasteiger partial charge in [-0.2, -0.15) is 32.8 Å². The number of hydrogen-bond acceptors (Lipinski definition) is 16. The van der Waals surface area contributed by atoms with Crippen molar-refractivity contribution in [2.75, 3.05) is 39.0 Å². The van der Waals surface area contributed by atoms with Gasteiger partial charge in [-0.15, -0.1) is 11.5 Å². The van der Waals surface area contributed by atoms with Crippen LogP contribution in [-0.4, -0.2) is 112 Å². The Bertz CT molecular complexity index is 3060. The topological polar surface area (TPSA) is 328 Å². The maximum Gasteiger partial charge on any atom is 0.442 e.